The van der Waals surface area contributed by atoms with Crippen molar-refractivity contribution < 1.29 is 4.79 Å². The zero-order chi connectivity index (χ0) is 9.73. The highest BCUT2D eigenvalue weighted by Gasteiger charge is 2.34. The molecule has 2 N–H and O–H groups in total. The van der Waals surface area contributed by atoms with Gasteiger partial charge >= 0.3 is 6.03 Å². The van der Waals surface area contributed by atoms with Crippen LogP contribution in [0.1, 0.15) is 39.5 Å². The standard InChI is InChI=1S/C10H20N2O/c1-3-10(6-5-7-10)8-12-9(13)11-4-2/h3-8H2,1-2H3,(H2,11,12,13). The lowest BCUT2D eigenvalue weighted by molar-refractivity contribution is 0.126. The Morgan fingerprint density at radius 2 is 2.00 bits per heavy atom. The maximum Gasteiger partial charge on any atom is 0.314 e. The minimum atomic E-state index is -0.0257. The zero-order valence-corrected chi connectivity index (χ0v) is 8.65. The molecule has 3 nitrogen and oxygen atoms in total. The molecule has 0 heterocycles. The maximum absolute atomic E-state index is 11.1. The van der Waals surface area contributed by atoms with Crippen molar-refractivity contribution in [2.45, 2.75) is 39.5 Å². The molecule has 1 fully saturated rings. The SMILES string of the molecule is CCNC(=O)NCC1(CC)CCC1. The zero-order valence-electron chi connectivity index (χ0n) is 8.65. The second-order valence-corrected chi connectivity index (χ2v) is 3.92. The van der Waals surface area contributed by atoms with Crippen LogP contribution < -0.4 is 10.6 Å². The molecule has 0 bridgehead atoms. The average Bonchev–Trinajstić information content (AvgIpc) is 2.04. The minimum absolute atomic E-state index is 0.0257. The van der Waals surface area contributed by atoms with Crippen molar-refractivity contribution in [3.05, 3.63) is 0 Å². The molecule has 1 aliphatic rings. The van der Waals surface area contributed by atoms with E-state index < -0.39 is 0 Å². The highest BCUT2D eigenvalue weighted by atomic mass is 16.2. The van der Waals surface area contributed by atoms with Gasteiger partial charge in [0.15, 0.2) is 0 Å². The fourth-order valence-electron chi connectivity index (χ4n) is 1.82. The summed E-state index contributed by atoms with van der Waals surface area (Å²) in [5.41, 5.74) is 0.422. The molecule has 0 aromatic heterocycles. The molecule has 1 aliphatic carbocycles. The highest BCUT2D eigenvalue weighted by molar-refractivity contribution is 5.73. The predicted octanol–water partition coefficient (Wildman–Crippen LogP) is 1.89. The van der Waals surface area contributed by atoms with Gasteiger partial charge in [0.05, 0.1) is 0 Å². The smallest absolute Gasteiger partial charge is 0.314 e. The third-order valence-corrected chi connectivity index (χ3v) is 3.13. The Hall–Kier alpha value is -0.730. The molecule has 13 heavy (non-hydrogen) atoms. The molecule has 2 amide bonds. The molecule has 3 heteroatoms. The van der Waals surface area contributed by atoms with Gasteiger partial charge in [-0.25, -0.2) is 4.79 Å². The van der Waals surface area contributed by atoms with Gasteiger partial charge in [0.25, 0.3) is 0 Å². The first-order valence-electron chi connectivity index (χ1n) is 5.24. The van der Waals surface area contributed by atoms with E-state index in [1.807, 2.05) is 6.92 Å². The van der Waals surface area contributed by atoms with Gasteiger partial charge in [-0.05, 0) is 31.6 Å². The molecule has 0 aromatic carbocycles. The van der Waals surface area contributed by atoms with Gasteiger partial charge in [0.1, 0.15) is 0 Å². The second-order valence-electron chi connectivity index (χ2n) is 3.92. The lowest BCUT2D eigenvalue weighted by Gasteiger charge is -2.41. The summed E-state index contributed by atoms with van der Waals surface area (Å²) in [4.78, 5) is 11.1. The molecule has 0 spiro atoms. The van der Waals surface area contributed by atoms with Crippen molar-refractivity contribution in [2.24, 2.45) is 5.41 Å². The number of rotatable bonds is 4. The Morgan fingerprint density at radius 1 is 1.31 bits per heavy atom. The van der Waals surface area contributed by atoms with Crippen LogP contribution in [0.2, 0.25) is 0 Å². The van der Waals surface area contributed by atoms with Crippen LogP contribution in [0.3, 0.4) is 0 Å². The lowest BCUT2D eigenvalue weighted by Crippen LogP contribution is -2.45. The molecule has 0 radical (unpaired) electrons. The van der Waals surface area contributed by atoms with Crippen LogP contribution in [0, 0.1) is 5.41 Å². The number of hydrogen-bond acceptors (Lipinski definition) is 1. The number of urea groups is 1. The van der Waals surface area contributed by atoms with Crippen molar-refractivity contribution >= 4 is 6.03 Å². The van der Waals surface area contributed by atoms with Crippen molar-refractivity contribution in [3.8, 4) is 0 Å². The quantitative estimate of drug-likeness (QED) is 0.688. The van der Waals surface area contributed by atoms with E-state index in [1.165, 1.54) is 25.7 Å². The average molecular weight is 184 g/mol. The Morgan fingerprint density at radius 3 is 2.38 bits per heavy atom. The van der Waals surface area contributed by atoms with E-state index in [0.29, 0.717) is 12.0 Å². The Bertz CT molecular complexity index is 170. The molecule has 0 saturated heterocycles. The summed E-state index contributed by atoms with van der Waals surface area (Å²) in [6.07, 6.45) is 5.05. The van der Waals surface area contributed by atoms with Crippen LogP contribution in [0.25, 0.3) is 0 Å². The van der Waals surface area contributed by atoms with Gasteiger partial charge in [0.2, 0.25) is 0 Å². The molecule has 1 rings (SSSR count). The number of hydrogen-bond donors (Lipinski definition) is 2. The number of nitrogens with one attached hydrogen (secondary N) is 2. The molecule has 1 saturated carbocycles. The number of carbonyl (C=O) groups is 1. The van der Waals surface area contributed by atoms with E-state index in [0.717, 1.165) is 6.54 Å². The summed E-state index contributed by atoms with van der Waals surface area (Å²) in [7, 11) is 0. The summed E-state index contributed by atoms with van der Waals surface area (Å²) < 4.78 is 0. The summed E-state index contributed by atoms with van der Waals surface area (Å²) in [6, 6.07) is -0.0257. The van der Waals surface area contributed by atoms with E-state index in [9.17, 15) is 4.79 Å². The van der Waals surface area contributed by atoms with Gasteiger partial charge in [-0.2, -0.15) is 0 Å². The van der Waals surface area contributed by atoms with E-state index >= 15 is 0 Å². The van der Waals surface area contributed by atoms with E-state index in [4.69, 9.17) is 0 Å². The topological polar surface area (TPSA) is 41.1 Å². The lowest BCUT2D eigenvalue weighted by atomic mass is 9.67. The van der Waals surface area contributed by atoms with Crippen LogP contribution in [0.5, 0.6) is 0 Å². The van der Waals surface area contributed by atoms with Crippen LogP contribution in [-0.4, -0.2) is 19.1 Å². The third kappa shape index (κ3) is 2.61. The third-order valence-electron chi connectivity index (χ3n) is 3.13. The first kappa shape index (κ1) is 10.4. The molecule has 0 atom stereocenters. The molecule has 76 valence electrons. The minimum Gasteiger partial charge on any atom is -0.338 e. The van der Waals surface area contributed by atoms with Gasteiger partial charge in [-0.1, -0.05) is 13.3 Å². The van der Waals surface area contributed by atoms with Crippen molar-refractivity contribution in [2.75, 3.05) is 13.1 Å². The van der Waals surface area contributed by atoms with Gasteiger partial charge in [0, 0.05) is 13.1 Å². The predicted molar refractivity (Wildman–Crippen MR) is 53.7 cm³/mol. The monoisotopic (exact) mass is 184 g/mol. The summed E-state index contributed by atoms with van der Waals surface area (Å²) in [5, 5.41) is 5.67. The van der Waals surface area contributed by atoms with Crippen molar-refractivity contribution in [3.63, 3.8) is 0 Å². The highest BCUT2D eigenvalue weighted by Crippen LogP contribution is 2.42. The van der Waals surface area contributed by atoms with E-state index in [2.05, 4.69) is 17.6 Å². The maximum atomic E-state index is 11.1. The Kier molecular flexibility index (Phi) is 3.58. The van der Waals surface area contributed by atoms with E-state index in [-0.39, 0.29) is 6.03 Å². The molecule has 0 aliphatic heterocycles. The molecule has 0 unspecified atom stereocenters. The Balaban J connectivity index is 2.20. The molecular weight excluding hydrogens is 164 g/mol. The first-order chi connectivity index (χ1) is 6.22. The molecular formula is C10H20N2O. The second kappa shape index (κ2) is 4.49. The largest absolute Gasteiger partial charge is 0.338 e. The fraction of sp³-hybridized carbons (Fsp3) is 0.900. The normalized spacial score (nSPS) is 18.9. The van der Waals surface area contributed by atoms with Crippen LogP contribution >= 0.6 is 0 Å². The van der Waals surface area contributed by atoms with Crippen LogP contribution in [0.15, 0.2) is 0 Å². The van der Waals surface area contributed by atoms with Crippen molar-refractivity contribution in [1.82, 2.24) is 10.6 Å². The summed E-state index contributed by atoms with van der Waals surface area (Å²) >= 11 is 0. The summed E-state index contributed by atoms with van der Waals surface area (Å²) in [6.45, 7) is 5.68. The number of amides is 2. The van der Waals surface area contributed by atoms with Crippen molar-refractivity contribution in [1.29, 1.82) is 0 Å². The first-order valence-corrected chi connectivity index (χ1v) is 5.24. The Labute approximate surface area is 80.3 Å². The van der Waals surface area contributed by atoms with Crippen LogP contribution in [0.4, 0.5) is 4.79 Å². The van der Waals surface area contributed by atoms with Gasteiger partial charge in [-0.15, -0.1) is 0 Å². The number of carbonyl (C=O) groups excluding carboxylic acids is 1. The van der Waals surface area contributed by atoms with Gasteiger partial charge < -0.3 is 10.6 Å². The van der Waals surface area contributed by atoms with Crippen LogP contribution in [-0.2, 0) is 0 Å². The summed E-state index contributed by atoms with van der Waals surface area (Å²) in [5.74, 6) is 0. The fourth-order valence-corrected chi connectivity index (χ4v) is 1.82. The van der Waals surface area contributed by atoms with Gasteiger partial charge in [-0.3, -0.25) is 0 Å². The molecule has 0 aromatic rings. The van der Waals surface area contributed by atoms with E-state index in [1.54, 1.807) is 0 Å².